The number of nitrogens with one attached hydrogen (secondary N) is 1. The van der Waals surface area contributed by atoms with Gasteiger partial charge in [0.05, 0.1) is 5.56 Å². The molecule has 0 spiro atoms. The second kappa shape index (κ2) is 7.69. The average molecular weight is 307 g/mol. The molecule has 0 fully saturated rings. The quantitative estimate of drug-likeness (QED) is 0.720. The van der Waals surface area contributed by atoms with E-state index in [-0.39, 0.29) is 0 Å². The van der Waals surface area contributed by atoms with Crippen LogP contribution in [-0.2, 0) is 6.18 Å². The molecule has 0 aliphatic heterocycles. The third kappa shape index (κ3) is 4.65. The first kappa shape index (κ1) is 17.8. The largest absolute Gasteiger partial charge is 0.416 e. The maximum atomic E-state index is 12.5. The van der Waals surface area contributed by atoms with Crippen LogP contribution in [0.2, 0.25) is 0 Å². The Bertz CT molecular complexity index is 613. The number of alkyl halides is 3. The van der Waals surface area contributed by atoms with Crippen LogP contribution in [0.4, 0.5) is 18.9 Å². The maximum absolute atomic E-state index is 12.5. The maximum Gasteiger partial charge on any atom is 0.416 e. The van der Waals surface area contributed by atoms with E-state index in [0.29, 0.717) is 11.3 Å². The number of para-hydroxylation sites is 1. The highest BCUT2D eigenvalue weighted by Crippen LogP contribution is 2.30. The Morgan fingerprint density at radius 2 is 1.50 bits per heavy atom. The summed E-state index contributed by atoms with van der Waals surface area (Å²) in [5.41, 5.74) is 2.46. The van der Waals surface area contributed by atoms with Crippen LogP contribution in [0, 0.1) is 6.92 Å². The lowest BCUT2D eigenvalue weighted by Crippen LogP contribution is -2.05. The molecular weight excluding hydrogens is 287 g/mol. The number of benzene rings is 2. The Kier molecular flexibility index (Phi) is 6.23. The third-order valence-corrected chi connectivity index (χ3v) is 2.99. The molecule has 1 N–H and O–H groups in total. The summed E-state index contributed by atoms with van der Waals surface area (Å²) in [5, 5.41) is 3.11. The van der Waals surface area contributed by atoms with Crippen LogP contribution in [0.3, 0.4) is 0 Å². The van der Waals surface area contributed by atoms with Gasteiger partial charge >= 0.3 is 6.18 Å². The topological polar surface area (TPSA) is 12.0 Å². The van der Waals surface area contributed by atoms with Crippen molar-refractivity contribution in [2.45, 2.75) is 26.9 Å². The summed E-state index contributed by atoms with van der Waals surface area (Å²) in [6, 6.07) is 12.6. The Morgan fingerprint density at radius 1 is 0.955 bits per heavy atom. The van der Waals surface area contributed by atoms with Crippen LogP contribution in [0.1, 0.15) is 30.5 Å². The predicted molar refractivity (Wildman–Crippen MR) is 86.6 cm³/mol. The summed E-state index contributed by atoms with van der Waals surface area (Å²) in [6.07, 6.45) is -4.32. The second-order valence-corrected chi connectivity index (χ2v) is 4.49. The number of rotatable bonds is 3. The molecule has 2 aromatic carbocycles. The van der Waals surface area contributed by atoms with Crippen molar-refractivity contribution in [3.8, 4) is 0 Å². The molecule has 4 heteroatoms. The molecule has 0 amide bonds. The SMILES string of the molecule is C=C(Nc1ccccc1C)c1ccc(C(F)(F)F)cc1.CC. The van der Waals surface area contributed by atoms with E-state index in [4.69, 9.17) is 0 Å². The highest BCUT2D eigenvalue weighted by Gasteiger charge is 2.29. The van der Waals surface area contributed by atoms with Gasteiger partial charge in [-0.15, -0.1) is 0 Å². The monoisotopic (exact) mass is 307 g/mol. The Balaban J connectivity index is 0.00000116. The van der Waals surface area contributed by atoms with Crippen molar-refractivity contribution < 1.29 is 13.2 Å². The van der Waals surface area contributed by atoms with E-state index in [0.717, 1.165) is 23.4 Å². The van der Waals surface area contributed by atoms with Crippen LogP contribution < -0.4 is 5.32 Å². The van der Waals surface area contributed by atoms with Gasteiger partial charge in [0.15, 0.2) is 0 Å². The first-order chi connectivity index (χ1) is 10.4. The van der Waals surface area contributed by atoms with Gasteiger partial charge in [-0.1, -0.05) is 50.8 Å². The van der Waals surface area contributed by atoms with Crippen molar-refractivity contribution in [3.63, 3.8) is 0 Å². The van der Waals surface area contributed by atoms with Crippen molar-refractivity contribution in [3.05, 3.63) is 71.8 Å². The molecule has 0 saturated heterocycles. The molecule has 2 rings (SSSR count). The predicted octanol–water partition coefficient (Wildman–Crippen LogP) is 6.12. The first-order valence-corrected chi connectivity index (χ1v) is 7.07. The Morgan fingerprint density at radius 3 is 2.00 bits per heavy atom. The van der Waals surface area contributed by atoms with E-state index in [1.54, 1.807) is 0 Å². The number of hydrogen-bond acceptors (Lipinski definition) is 1. The molecule has 2 aromatic rings. The van der Waals surface area contributed by atoms with E-state index in [1.165, 1.54) is 12.1 Å². The smallest absolute Gasteiger partial charge is 0.355 e. The summed E-state index contributed by atoms with van der Waals surface area (Å²) >= 11 is 0. The minimum Gasteiger partial charge on any atom is -0.355 e. The molecule has 22 heavy (non-hydrogen) atoms. The zero-order valence-corrected chi connectivity index (χ0v) is 13.0. The lowest BCUT2D eigenvalue weighted by Gasteiger charge is -2.13. The minimum absolute atomic E-state index is 0.563. The average Bonchev–Trinajstić information content (AvgIpc) is 2.51. The fraction of sp³-hybridized carbons (Fsp3) is 0.222. The molecule has 118 valence electrons. The Hall–Kier alpha value is -2.23. The number of aryl methyl sites for hydroxylation is 1. The van der Waals surface area contributed by atoms with Crippen LogP contribution in [-0.4, -0.2) is 0 Å². The van der Waals surface area contributed by atoms with Gasteiger partial charge < -0.3 is 5.32 Å². The van der Waals surface area contributed by atoms with Gasteiger partial charge in [0.2, 0.25) is 0 Å². The van der Waals surface area contributed by atoms with Gasteiger partial charge in [-0.2, -0.15) is 13.2 Å². The molecule has 0 radical (unpaired) electrons. The van der Waals surface area contributed by atoms with Crippen LogP contribution in [0.5, 0.6) is 0 Å². The molecule has 0 aliphatic carbocycles. The van der Waals surface area contributed by atoms with Gasteiger partial charge in [0.25, 0.3) is 0 Å². The van der Waals surface area contributed by atoms with Gasteiger partial charge in [0, 0.05) is 11.4 Å². The first-order valence-electron chi connectivity index (χ1n) is 7.07. The Labute approximate surface area is 129 Å². The summed E-state index contributed by atoms with van der Waals surface area (Å²) < 4.78 is 37.4. The van der Waals surface area contributed by atoms with Crippen molar-refractivity contribution in [2.24, 2.45) is 0 Å². The second-order valence-electron chi connectivity index (χ2n) is 4.49. The summed E-state index contributed by atoms with van der Waals surface area (Å²) in [6.45, 7) is 9.81. The van der Waals surface area contributed by atoms with E-state index in [1.807, 2.05) is 45.0 Å². The van der Waals surface area contributed by atoms with E-state index in [9.17, 15) is 13.2 Å². The highest BCUT2D eigenvalue weighted by atomic mass is 19.4. The lowest BCUT2D eigenvalue weighted by atomic mass is 10.1. The lowest BCUT2D eigenvalue weighted by molar-refractivity contribution is -0.137. The van der Waals surface area contributed by atoms with Gasteiger partial charge in [0.1, 0.15) is 0 Å². The van der Waals surface area contributed by atoms with E-state index >= 15 is 0 Å². The van der Waals surface area contributed by atoms with Crippen molar-refractivity contribution in [1.29, 1.82) is 0 Å². The molecular formula is C18H20F3N. The van der Waals surface area contributed by atoms with Gasteiger partial charge in [-0.05, 0) is 36.2 Å². The highest BCUT2D eigenvalue weighted by molar-refractivity contribution is 5.76. The third-order valence-electron chi connectivity index (χ3n) is 2.99. The van der Waals surface area contributed by atoms with Crippen molar-refractivity contribution in [1.82, 2.24) is 0 Å². The molecule has 1 nitrogen and oxygen atoms in total. The summed E-state index contributed by atoms with van der Waals surface area (Å²) in [5.74, 6) is 0. The standard InChI is InChI=1S/C16H14F3N.C2H6/c1-11-5-3-4-6-15(11)20-12(2)13-7-9-14(10-8-13)16(17,18)19;1-2/h3-10,20H,2H2,1H3;1-2H3. The van der Waals surface area contributed by atoms with Crippen LogP contribution in [0.15, 0.2) is 55.1 Å². The van der Waals surface area contributed by atoms with Crippen LogP contribution >= 0.6 is 0 Å². The van der Waals surface area contributed by atoms with Gasteiger partial charge in [-0.3, -0.25) is 0 Å². The van der Waals surface area contributed by atoms with Gasteiger partial charge in [-0.25, -0.2) is 0 Å². The molecule has 0 unspecified atom stereocenters. The zero-order valence-electron chi connectivity index (χ0n) is 13.0. The number of hydrogen-bond donors (Lipinski definition) is 1. The molecule has 0 heterocycles. The van der Waals surface area contributed by atoms with E-state index < -0.39 is 11.7 Å². The number of anilines is 1. The molecule has 0 atom stereocenters. The minimum atomic E-state index is -4.32. The van der Waals surface area contributed by atoms with Crippen molar-refractivity contribution in [2.75, 3.05) is 5.32 Å². The molecule has 0 saturated carbocycles. The fourth-order valence-electron chi connectivity index (χ4n) is 1.81. The zero-order chi connectivity index (χ0) is 16.8. The summed E-state index contributed by atoms with van der Waals surface area (Å²) in [7, 11) is 0. The summed E-state index contributed by atoms with van der Waals surface area (Å²) in [4.78, 5) is 0. The molecule has 0 aliphatic rings. The fourth-order valence-corrected chi connectivity index (χ4v) is 1.81. The normalized spacial score (nSPS) is 10.5. The van der Waals surface area contributed by atoms with E-state index in [2.05, 4.69) is 11.9 Å². The van der Waals surface area contributed by atoms with Crippen molar-refractivity contribution >= 4 is 11.4 Å². The molecule has 0 aromatic heterocycles. The molecule has 0 bridgehead atoms. The van der Waals surface area contributed by atoms with Crippen LogP contribution in [0.25, 0.3) is 5.70 Å². The number of halogens is 3.